The van der Waals surface area contributed by atoms with E-state index in [4.69, 9.17) is 18.9 Å². The summed E-state index contributed by atoms with van der Waals surface area (Å²) < 4.78 is 21.7. The van der Waals surface area contributed by atoms with Crippen LogP contribution < -0.4 is 0 Å². The highest BCUT2D eigenvalue weighted by Crippen LogP contribution is 2.55. The van der Waals surface area contributed by atoms with Crippen LogP contribution >= 0.6 is 0 Å². The quantitative estimate of drug-likeness (QED) is 0.0846. The van der Waals surface area contributed by atoms with E-state index in [1.807, 2.05) is 25.1 Å². The van der Waals surface area contributed by atoms with Gasteiger partial charge in [-0.1, -0.05) is 62.1 Å². The minimum Gasteiger partial charge on any atom is -0.481 e. The first-order chi connectivity index (χ1) is 27.4. The summed E-state index contributed by atoms with van der Waals surface area (Å²) in [6, 6.07) is 16.6. The standard InChI is InChI=1S/C45H52O12/c1-27-23-35-36-25-29-9-3-4-10-30(29)26-38(36)45(37(35)24-28(27)2,17-15-39(46)54-19-21-56-43(52)33-13-7-5-11-31(33)41(48)49)18-16-40(47)55-20-22-57-44(53)34-14-8-6-12-32(34)42(50)51/h3-4,9-10,23-26,31-34H,5-8,11-22H2,1-2H3,(H,48,49)(H,50,51). The molecule has 2 saturated carbocycles. The van der Waals surface area contributed by atoms with Crippen molar-refractivity contribution in [3.05, 3.63) is 70.8 Å². The summed E-state index contributed by atoms with van der Waals surface area (Å²) in [5.74, 6) is -7.18. The third-order valence-electron chi connectivity index (χ3n) is 12.3. The Kier molecular flexibility index (Phi) is 13.3. The van der Waals surface area contributed by atoms with Crippen LogP contribution in [0, 0.1) is 37.5 Å². The molecule has 0 spiro atoms. The monoisotopic (exact) mass is 784 g/mol. The van der Waals surface area contributed by atoms with Gasteiger partial charge in [0.1, 0.15) is 26.4 Å². The highest BCUT2D eigenvalue weighted by molar-refractivity contribution is 5.94. The van der Waals surface area contributed by atoms with Crippen molar-refractivity contribution in [3.8, 4) is 11.1 Å². The maximum absolute atomic E-state index is 13.3. The van der Waals surface area contributed by atoms with Gasteiger partial charge in [-0.2, -0.15) is 0 Å². The maximum atomic E-state index is 13.3. The highest BCUT2D eigenvalue weighted by atomic mass is 16.6. The molecule has 3 aliphatic rings. The molecular weight excluding hydrogens is 732 g/mol. The number of carbonyl (C=O) groups excluding carboxylic acids is 4. The van der Waals surface area contributed by atoms with Gasteiger partial charge in [0.05, 0.1) is 23.7 Å². The highest BCUT2D eigenvalue weighted by Gasteiger charge is 2.44. The Balaban J connectivity index is 1.14. The summed E-state index contributed by atoms with van der Waals surface area (Å²) in [6.07, 6.45) is 5.39. The Morgan fingerprint density at radius 1 is 0.561 bits per heavy atom. The van der Waals surface area contributed by atoms with Gasteiger partial charge in [-0.25, -0.2) is 0 Å². The molecule has 3 aromatic carbocycles. The Bertz CT molecular complexity index is 1950. The molecule has 0 amide bonds. The van der Waals surface area contributed by atoms with Gasteiger partial charge in [0.15, 0.2) is 0 Å². The molecular formula is C45H52O12. The van der Waals surface area contributed by atoms with Gasteiger partial charge in [-0.3, -0.25) is 28.8 Å². The van der Waals surface area contributed by atoms with Crippen LogP contribution in [-0.2, 0) is 53.1 Å². The normalized spacial score (nSPS) is 22.5. The van der Waals surface area contributed by atoms with Crippen molar-refractivity contribution in [1.82, 2.24) is 0 Å². The number of ether oxygens (including phenoxy) is 4. The van der Waals surface area contributed by atoms with Crippen molar-refractivity contribution in [1.29, 1.82) is 0 Å². The molecule has 304 valence electrons. The van der Waals surface area contributed by atoms with Gasteiger partial charge in [0.2, 0.25) is 0 Å². The molecule has 3 aliphatic carbocycles. The number of benzene rings is 3. The fourth-order valence-electron chi connectivity index (χ4n) is 9.10. The summed E-state index contributed by atoms with van der Waals surface area (Å²) in [7, 11) is 0. The van der Waals surface area contributed by atoms with Crippen molar-refractivity contribution in [2.45, 2.75) is 96.3 Å². The van der Waals surface area contributed by atoms with E-state index in [1.165, 1.54) is 0 Å². The van der Waals surface area contributed by atoms with Gasteiger partial charge in [0.25, 0.3) is 0 Å². The largest absolute Gasteiger partial charge is 0.481 e. The second-order valence-electron chi connectivity index (χ2n) is 15.8. The molecule has 0 saturated heterocycles. The molecule has 0 aliphatic heterocycles. The van der Waals surface area contributed by atoms with E-state index < -0.39 is 64.9 Å². The van der Waals surface area contributed by atoms with Crippen LogP contribution in [-0.4, -0.2) is 72.5 Å². The first kappa shape index (κ1) is 41.4. The predicted octanol–water partition coefficient (Wildman–Crippen LogP) is 7.24. The Morgan fingerprint density at radius 3 is 1.46 bits per heavy atom. The van der Waals surface area contributed by atoms with Crippen LogP contribution in [0.4, 0.5) is 0 Å². The summed E-state index contributed by atoms with van der Waals surface area (Å²) >= 11 is 0. The second kappa shape index (κ2) is 18.3. The molecule has 6 rings (SSSR count). The zero-order valence-electron chi connectivity index (χ0n) is 32.7. The third-order valence-corrected chi connectivity index (χ3v) is 12.3. The van der Waals surface area contributed by atoms with E-state index in [1.54, 1.807) is 0 Å². The van der Waals surface area contributed by atoms with Crippen molar-refractivity contribution >= 4 is 46.6 Å². The number of esters is 4. The summed E-state index contributed by atoms with van der Waals surface area (Å²) in [6.45, 7) is 3.37. The number of rotatable bonds is 16. The molecule has 57 heavy (non-hydrogen) atoms. The van der Waals surface area contributed by atoms with Crippen LogP contribution in [0.15, 0.2) is 48.5 Å². The average Bonchev–Trinajstić information content (AvgIpc) is 3.45. The van der Waals surface area contributed by atoms with Crippen molar-refractivity contribution < 1.29 is 57.9 Å². The minimum absolute atomic E-state index is 0.000205. The number of hydrogen-bond donors (Lipinski definition) is 2. The lowest BCUT2D eigenvalue weighted by Crippen LogP contribution is -2.34. The molecule has 2 N–H and O–H groups in total. The Labute approximate surface area is 332 Å². The maximum Gasteiger partial charge on any atom is 0.309 e. The Morgan fingerprint density at radius 2 is 0.965 bits per heavy atom. The number of fused-ring (bicyclic) bond motifs is 4. The van der Waals surface area contributed by atoms with Gasteiger partial charge >= 0.3 is 35.8 Å². The lowest BCUT2D eigenvalue weighted by Gasteiger charge is -2.32. The molecule has 12 heteroatoms. The van der Waals surface area contributed by atoms with Crippen molar-refractivity contribution in [3.63, 3.8) is 0 Å². The summed E-state index contributed by atoms with van der Waals surface area (Å²) in [5, 5.41) is 21.2. The minimum atomic E-state index is -1.01. The van der Waals surface area contributed by atoms with Crippen LogP contribution in [0.25, 0.3) is 21.9 Å². The molecule has 3 aromatic rings. The molecule has 4 unspecified atom stereocenters. The van der Waals surface area contributed by atoms with Gasteiger partial charge in [0, 0.05) is 18.3 Å². The average molecular weight is 785 g/mol. The molecule has 4 atom stereocenters. The predicted molar refractivity (Wildman–Crippen MR) is 208 cm³/mol. The Hall–Kier alpha value is -5.26. The second-order valence-corrected chi connectivity index (χ2v) is 15.8. The van der Waals surface area contributed by atoms with Crippen LogP contribution in [0.2, 0.25) is 0 Å². The lowest BCUT2D eigenvalue weighted by atomic mass is 9.70. The van der Waals surface area contributed by atoms with Crippen LogP contribution in [0.3, 0.4) is 0 Å². The van der Waals surface area contributed by atoms with Crippen LogP contribution in [0.5, 0.6) is 0 Å². The molecule has 12 nitrogen and oxygen atoms in total. The van der Waals surface area contributed by atoms with E-state index in [2.05, 4.69) is 37.3 Å². The van der Waals surface area contributed by atoms with Gasteiger partial charge < -0.3 is 29.2 Å². The summed E-state index contributed by atoms with van der Waals surface area (Å²) in [5.41, 5.74) is 5.45. The zero-order chi connectivity index (χ0) is 40.7. The number of carboxylic acids is 2. The van der Waals surface area contributed by atoms with E-state index in [0.717, 1.165) is 69.8 Å². The van der Waals surface area contributed by atoms with Crippen molar-refractivity contribution in [2.24, 2.45) is 23.7 Å². The first-order valence-electron chi connectivity index (χ1n) is 20.1. The van der Waals surface area contributed by atoms with Gasteiger partial charge in [-0.05, 0) is 109 Å². The van der Waals surface area contributed by atoms with E-state index in [9.17, 15) is 39.0 Å². The number of carbonyl (C=O) groups is 6. The molecule has 2 fully saturated rings. The lowest BCUT2D eigenvalue weighted by molar-refractivity contribution is -0.162. The smallest absolute Gasteiger partial charge is 0.309 e. The number of aliphatic carboxylic acids is 2. The molecule has 0 aromatic heterocycles. The zero-order valence-corrected chi connectivity index (χ0v) is 32.7. The topological polar surface area (TPSA) is 180 Å². The number of hydrogen-bond acceptors (Lipinski definition) is 10. The SMILES string of the molecule is Cc1cc2c(cc1C)C(CCC(=O)OCCOC(=O)C1CCCCC1C(=O)O)(CCC(=O)OCCOC(=O)C1CCCCC1C(=O)O)c1cc3ccccc3cc1-2. The number of aryl methyl sites for hydroxylation is 2. The molecule has 0 heterocycles. The third kappa shape index (κ3) is 9.32. The fraction of sp³-hybridized carbons (Fsp3) is 0.511. The van der Waals surface area contributed by atoms with E-state index in [0.29, 0.717) is 38.5 Å². The summed E-state index contributed by atoms with van der Waals surface area (Å²) in [4.78, 5) is 75.4. The van der Waals surface area contributed by atoms with Gasteiger partial charge in [-0.15, -0.1) is 0 Å². The fourth-order valence-corrected chi connectivity index (χ4v) is 9.10. The first-order valence-corrected chi connectivity index (χ1v) is 20.1. The van der Waals surface area contributed by atoms with E-state index in [-0.39, 0.29) is 39.3 Å². The van der Waals surface area contributed by atoms with E-state index >= 15 is 0 Å². The number of carboxylic acid groups (broad SMARTS) is 2. The van der Waals surface area contributed by atoms with Crippen molar-refractivity contribution in [2.75, 3.05) is 26.4 Å². The molecule has 0 bridgehead atoms. The van der Waals surface area contributed by atoms with Crippen LogP contribution in [0.1, 0.15) is 99.3 Å². The molecule has 0 radical (unpaired) electrons.